The first-order valence-corrected chi connectivity index (χ1v) is 10.1. The standard InChI is InChI=1S/C22H17ClN2O2S/c1-27-17-12-10-16(11-13-17)25-21(26)18-7-3-5-9-20(18)24-22(25)28-14-15-6-2-4-8-19(15)23/h2-13H,14H2,1H3. The van der Waals surface area contributed by atoms with Crippen LogP contribution in [0.3, 0.4) is 0 Å². The SMILES string of the molecule is COc1ccc(-n2c(SCc3ccccc3Cl)nc3ccccc3c2=O)cc1. The molecular weight excluding hydrogens is 392 g/mol. The van der Waals surface area contributed by atoms with E-state index in [-0.39, 0.29) is 5.56 Å². The summed E-state index contributed by atoms with van der Waals surface area (Å²) in [6.07, 6.45) is 0. The summed E-state index contributed by atoms with van der Waals surface area (Å²) in [5.74, 6) is 1.34. The van der Waals surface area contributed by atoms with Crippen LogP contribution in [0.15, 0.2) is 82.7 Å². The highest BCUT2D eigenvalue weighted by molar-refractivity contribution is 7.98. The minimum Gasteiger partial charge on any atom is -0.497 e. The summed E-state index contributed by atoms with van der Waals surface area (Å²) >= 11 is 7.78. The minimum absolute atomic E-state index is 0.0996. The number of halogens is 1. The van der Waals surface area contributed by atoms with Crippen molar-refractivity contribution in [1.82, 2.24) is 9.55 Å². The molecule has 0 saturated heterocycles. The van der Waals surface area contributed by atoms with Crippen LogP contribution in [-0.2, 0) is 5.75 Å². The summed E-state index contributed by atoms with van der Waals surface area (Å²) in [6, 6.07) is 22.5. The third kappa shape index (κ3) is 3.63. The molecule has 6 heteroatoms. The zero-order chi connectivity index (χ0) is 19.5. The summed E-state index contributed by atoms with van der Waals surface area (Å²) in [5.41, 5.74) is 2.32. The van der Waals surface area contributed by atoms with Crippen LogP contribution in [0.1, 0.15) is 5.56 Å². The number of nitrogens with zero attached hydrogens (tertiary/aromatic N) is 2. The van der Waals surface area contributed by atoms with E-state index < -0.39 is 0 Å². The first-order chi connectivity index (χ1) is 13.7. The average Bonchev–Trinajstić information content (AvgIpc) is 2.73. The number of methoxy groups -OCH3 is 1. The second-order valence-electron chi connectivity index (χ2n) is 6.13. The van der Waals surface area contributed by atoms with Gasteiger partial charge in [0.15, 0.2) is 5.16 Å². The lowest BCUT2D eigenvalue weighted by Crippen LogP contribution is -2.21. The summed E-state index contributed by atoms with van der Waals surface area (Å²) in [5, 5.41) is 1.91. The third-order valence-electron chi connectivity index (χ3n) is 4.39. The second-order valence-corrected chi connectivity index (χ2v) is 7.48. The number of hydrogen-bond acceptors (Lipinski definition) is 4. The van der Waals surface area contributed by atoms with Crippen LogP contribution in [-0.4, -0.2) is 16.7 Å². The Bertz CT molecular complexity index is 1190. The van der Waals surface area contributed by atoms with Gasteiger partial charge in [0, 0.05) is 10.8 Å². The fourth-order valence-electron chi connectivity index (χ4n) is 2.93. The summed E-state index contributed by atoms with van der Waals surface area (Å²) in [6.45, 7) is 0. The van der Waals surface area contributed by atoms with E-state index in [1.165, 1.54) is 11.8 Å². The Hall–Kier alpha value is -2.76. The van der Waals surface area contributed by atoms with Crippen molar-refractivity contribution < 1.29 is 4.74 Å². The van der Waals surface area contributed by atoms with Crippen LogP contribution in [0.4, 0.5) is 0 Å². The van der Waals surface area contributed by atoms with Gasteiger partial charge in [-0.1, -0.05) is 53.7 Å². The molecule has 4 rings (SSSR count). The molecule has 0 saturated carbocycles. The topological polar surface area (TPSA) is 44.1 Å². The van der Waals surface area contributed by atoms with Gasteiger partial charge in [0.1, 0.15) is 5.75 Å². The van der Waals surface area contributed by atoms with Gasteiger partial charge < -0.3 is 4.74 Å². The van der Waals surface area contributed by atoms with Gasteiger partial charge in [-0.2, -0.15) is 0 Å². The molecular formula is C22H17ClN2O2S. The first-order valence-electron chi connectivity index (χ1n) is 8.70. The molecule has 0 bridgehead atoms. The van der Waals surface area contributed by atoms with Gasteiger partial charge >= 0.3 is 0 Å². The van der Waals surface area contributed by atoms with Crippen LogP contribution in [0.5, 0.6) is 5.75 Å². The highest BCUT2D eigenvalue weighted by Gasteiger charge is 2.14. The van der Waals surface area contributed by atoms with Crippen molar-refractivity contribution in [2.24, 2.45) is 0 Å². The minimum atomic E-state index is -0.0996. The molecule has 0 fully saturated rings. The van der Waals surface area contributed by atoms with Gasteiger partial charge in [-0.05, 0) is 48.0 Å². The van der Waals surface area contributed by atoms with Crippen molar-refractivity contribution in [2.75, 3.05) is 7.11 Å². The molecule has 0 atom stereocenters. The number of para-hydroxylation sites is 1. The van der Waals surface area contributed by atoms with Gasteiger partial charge in [-0.25, -0.2) is 4.98 Å². The lowest BCUT2D eigenvalue weighted by Gasteiger charge is -2.14. The van der Waals surface area contributed by atoms with E-state index in [0.29, 0.717) is 26.8 Å². The van der Waals surface area contributed by atoms with Crippen molar-refractivity contribution >= 4 is 34.3 Å². The fraction of sp³-hybridized carbons (Fsp3) is 0.0909. The van der Waals surface area contributed by atoms with Crippen LogP contribution >= 0.6 is 23.4 Å². The summed E-state index contributed by atoms with van der Waals surface area (Å²) in [4.78, 5) is 18.0. The molecule has 140 valence electrons. The Balaban J connectivity index is 1.83. The maximum Gasteiger partial charge on any atom is 0.266 e. The molecule has 0 aliphatic carbocycles. The molecule has 1 aromatic heterocycles. The fourth-order valence-corrected chi connectivity index (χ4v) is 4.22. The summed E-state index contributed by atoms with van der Waals surface area (Å²) in [7, 11) is 1.61. The Morgan fingerprint density at radius 2 is 1.71 bits per heavy atom. The first kappa shape index (κ1) is 18.6. The largest absolute Gasteiger partial charge is 0.497 e. The molecule has 1 heterocycles. The molecule has 4 nitrogen and oxygen atoms in total. The van der Waals surface area contributed by atoms with Crippen molar-refractivity contribution in [3.63, 3.8) is 0 Å². The van der Waals surface area contributed by atoms with Crippen molar-refractivity contribution in [2.45, 2.75) is 10.9 Å². The zero-order valence-electron chi connectivity index (χ0n) is 15.1. The number of fused-ring (bicyclic) bond motifs is 1. The molecule has 28 heavy (non-hydrogen) atoms. The van der Waals surface area contributed by atoms with E-state index >= 15 is 0 Å². The number of ether oxygens (including phenoxy) is 1. The highest BCUT2D eigenvalue weighted by Crippen LogP contribution is 2.28. The monoisotopic (exact) mass is 408 g/mol. The van der Waals surface area contributed by atoms with Crippen molar-refractivity contribution in [1.29, 1.82) is 0 Å². The zero-order valence-corrected chi connectivity index (χ0v) is 16.7. The van der Waals surface area contributed by atoms with Gasteiger partial charge in [0.25, 0.3) is 5.56 Å². The second kappa shape index (κ2) is 8.09. The van der Waals surface area contributed by atoms with Crippen LogP contribution in [0, 0.1) is 0 Å². The van der Waals surface area contributed by atoms with Gasteiger partial charge in [-0.15, -0.1) is 0 Å². The predicted molar refractivity (Wildman–Crippen MR) is 115 cm³/mol. The Labute approximate surface area is 171 Å². The van der Waals surface area contributed by atoms with E-state index in [1.807, 2.05) is 66.7 Å². The number of hydrogen-bond donors (Lipinski definition) is 0. The van der Waals surface area contributed by atoms with E-state index in [2.05, 4.69) is 0 Å². The number of aromatic nitrogens is 2. The predicted octanol–water partition coefficient (Wildman–Crippen LogP) is 5.34. The van der Waals surface area contributed by atoms with E-state index in [1.54, 1.807) is 17.7 Å². The number of benzene rings is 3. The van der Waals surface area contributed by atoms with Gasteiger partial charge in [0.05, 0.1) is 23.7 Å². The maximum absolute atomic E-state index is 13.2. The van der Waals surface area contributed by atoms with Gasteiger partial charge in [0.2, 0.25) is 0 Å². The van der Waals surface area contributed by atoms with Crippen molar-refractivity contribution in [3.05, 3.63) is 93.7 Å². The van der Waals surface area contributed by atoms with Crippen LogP contribution in [0.2, 0.25) is 5.02 Å². The maximum atomic E-state index is 13.2. The molecule has 0 aliphatic heterocycles. The van der Waals surface area contributed by atoms with Gasteiger partial charge in [-0.3, -0.25) is 9.36 Å². The molecule has 0 unspecified atom stereocenters. The molecule has 0 aliphatic rings. The molecule has 0 N–H and O–H groups in total. The van der Waals surface area contributed by atoms with Crippen molar-refractivity contribution in [3.8, 4) is 11.4 Å². The molecule has 0 spiro atoms. The number of thioether (sulfide) groups is 1. The summed E-state index contributed by atoms with van der Waals surface area (Å²) < 4.78 is 6.87. The molecule has 4 aromatic rings. The van der Waals surface area contributed by atoms with Crippen LogP contribution < -0.4 is 10.3 Å². The van der Waals surface area contributed by atoms with E-state index in [9.17, 15) is 4.79 Å². The smallest absolute Gasteiger partial charge is 0.266 e. The quantitative estimate of drug-likeness (QED) is 0.330. The van der Waals surface area contributed by atoms with E-state index in [4.69, 9.17) is 21.3 Å². The van der Waals surface area contributed by atoms with E-state index in [0.717, 1.165) is 17.0 Å². The van der Waals surface area contributed by atoms with Crippen LogP contribution in [0.25, 0.3) is 16.6 Å². The molecule has 3 aromatic carbocycles. The highest BCUT2D eigenvalue weighted by atomic mass is 35.5. The lowest BCUT2D eigenvalue weighted by atomic mass is 10.2. The Morgan fingerprint density at radius 3 is 2.46 bits per heavy atom. The average molecular weight is 409 g/mol. The normalized spacial score (nSPS) is 10.9. The Morgan fingerprint density at radius 1 is 1.00 bits per heavy atom. The third-order valence-corrected chi connectivity index (χ3v) is 5.75. The molecule has 0 radical (unpaired) electrons. The lowest BCUT2D eigenvalue weighted by molar-refractivity contribution is 0.414. The number of rotatable bonds is 5. The Kier molecular flexibility index (Phi) is 5.37. The molecule has 0 amide bonds.